The molecule has 3 N–H and O–H groups in total. The van der Waals surface area contributed by atoms with Crippen LogP contribution in [0.2, 0.25) is 0 Å². The van der Waals surface area contributed by atoms with Crippen LogP contribution in [0, 0.1) is 0 Å². The number of allylic oxidation sites excluding steroid dienone is 3. The van der Waals surface area contributed by atoms with Crippen molar-refractivity contribution in [2.75, 3.05) is 13.2 Å². The average molecular weight is 917 g/mol. The Morgan fingerprint density at radius 3 is 1.09 bits per heavy atom. The van der Waals surface area contributed by atoms with Gasteiger partial charge in [-0.1, -0.05) is 269 Å². The van der Waals surface area contributed by atoms with Gasteiger partial charge in [0.1, 0.15) is 0 Å². The first-order chi connectivity index (χ1) is 32.0. The summed E-state index contributed by atoms with van der Waals surface area (Å²) in [6, 6.07) is -0.649. The van der Waals surface area contributed by atoms with E-state index in [1.54, 1.807) is 6.08 Å². The quantitative estimate of drug-likeness (QED) is 0.0321. The van der Waals surface area contributed by atoms with Crippen molar-refractivity contribution < 1.29 is 24.5 Å². The monoisotopic (exact) mass is 916 g/mol. The lowest BCUT2D eigenvalue weighted by Gasteiger charge is -2.20. The van der Waals surface area contributed by atoms with Gasteiger partial charge in [-0.2, -0.15) is 0 Å². The van der Waals surface area contributed by atoms with Gasteiger partial charge in [0, 0.05) is 12.8 Å². The number of carbonyl (C=O) groups is 2. The Labute approximate surface area is 405 Å². The van der Waals surface area contributed by atoms with Crippen molar-refractivity contribution in [3.8, 4) is 0 Å². The first kappa shape index (κ1) is 63.3. The number of rotatable bonds is 54. The second-order valence-electron chi connectivity index (χ2n) is 20.0. The Balaban J connectivity index is 3.53. The van der Waals surface area contributed by atoms with Crippen LogP contribution in [-0.4, -0.2) is 47.4 Å². The van der Waals surface area contributed by atoms with Crippen molar-refractivity contribution >= 4 is 11.9 Å². The Bertz CT molecular complexity index is 1010. The van der Waals surface area contributed by atoms with Gasteiger partial charge in [-0.15, -0.1) is 0 Å². The number of carbonyl (C=O) groups excluding carboxylic acids is 2. The molecule has 0 bridgehead atoms. The number of esters is 1. The third-order valence-corrected chi connectivity index (χ3v) is 13.5. The summed E-state index contributed by atoms with van der Waals surface area (Å²) in [7, 11) is 0. The van der Waals surface area contributed by atoms with Gasteiger partial charge in [-0.05, 0) is 57.8 Å². The van der Waals surface area contributed by atoms with Crippen LogP contribution >= 0.6 is 0 Å². The van der Waals surface area contributed by atoms with E-state index in [-0.39, 0.29) is 18.5 Å². The molecule has 384 valence electrons. The summed E-state index contributed by atoms with van der Waals surface area (Å²) < 4.78 is 5.44. The van der Waals surface area contributed by atoms with Crippen LogP contribution in [0.4, 0.5) is 0 Å². The second kappa shape index (κ2) is 54.9. The lowest BCUT2D eigenvalue weighted by molar-refractivity contribution is -0.143. The number of ether oxygens (including phenoxy) is 1. The molecule has 0 aromatic rings. The predicted octanol–water partition coefficient (Wildman–Crippen LogP) is 17.9. The van der Waals surface area contributed by atoms with Gasteiger partial charge in [0.25, 0.3) is 0 Å². The molecule has 0 heterocycles. The fourth-order valence-electron chi connectivity index (χ4n) is 8.98. The molecule has 65 heavy (non-hydrogen) atoms. The van der Waals surface area contributed by atoms with Gasteiger partial charge in [-0.25, -0.2) is 0 Å². The molecular weight excluding hydrogens is 803 g/mol. The maximum atomic E-state index is 12.5. The molecule has 0 fully saturated rings. The standard InChI is InChI=1S/C59H113NO5/c1-3-5-7-9-11-13-15-17-19-20-21-22-23-24-25-26-27-28-31-35-39-43-47-51-57(62)56(55-61)60-58(63)52-48-44-40-36-32-30-34-38-42-46-50-54-65-59(64)53-49-45-41-37-33-29-18-16-14-12-10-8-6-4-2/h34,38,47,51,56-57,61-62H,3-33,35-37,39-46,48-50,52-55H2,1-2H3,(H,60,63)/b38-34-,51-47+. The molecule has 0 aliphatic rings. The fourth-order valence-corrected chi connectivity index (χ4v) is 8.98. The Morgan fingerprint density at radius 1 is 0.415 bits per heavy atom. The van der Waals surface area contributed by atoms with E-state index in [0.29, 0.717) is 19.4 Å². The highest BCUT2D eigenvalue weighted by Crippen LogP contribution is 2.17. The fraction of sp³-hybridized carbons (Fsp3) is 0.898. The molecule has 0 aliphatic carbocycles. The first-order valence-corrected chi connectivity index (χ1v) is 29.1. The molecule has 0 aromatic carbocycles. The first-order valence-electron chi connectivity index (χ1n) is 29.1. The molecule has 0 radical (unpaired) electrons. The van der Waals surface area contributed by atoms with Gasteiger partial charge in [0.2, 0.25) is 5.91 Å². The number of hydrogen-bond donors (Lipinski definition) is 3. The van der Waals surface area contributed by atoms with Gasteiger partial charge in [0.05, 0.1) is 25.4 Å². The average Bonchev–Trinajstić information content (AvgIpc) is 3.31. The SMILES string of the molecule is CCCCCCCCCCCCCCCCCCCCCCC/C=C/C(O)C(CO)NC(=O)CCCCCCC/C=C\CCCCOC(=O)CCCCCCCCCCCCCCCC. The van der Waals surface area contributed by atoms with Crippen LogP contribution in [0.5, 0.6) is 0 Å². The lowest BCUT2D eigenvalue weighted by atomic mass is 10.0. The van der Waals surface area contributed by atoms with E-state index in [1.807, 2.05) is 6.08 Å². The Hall–Kier alpha value is -1.66. The van der Waals surface area contributed by atoms with Crippen molar-refractivity contribution in [1.82, 2.24) is 5.32 Å². The van der Waals surface area contributed by atoms with Crippen molar-refractivity contribution in [2.45, 2.75) is 328 Å². The number of aliphatic hydroxyl groups excluding tert-OH is 2. The van der Waals surface area contributed by atoms with E-state index >= 15 is 0 Å². The molecule has 2 atom stereocenters. The van der Waals surface area contributed by atoms with Gasteiger partial charge in [0.15, 0.2) is 0 Å². The van der Waals surface area contributed by atoms with Crippen LogP contribution in [0.3, 0.4) is 0 Å². The normalized spacial score (nSPS) is 12.7. The molecule has 1 amide bonds. The molecule has 0 saturated carbocycles. The molecule has 0 rings (SSSR count). The van der Waals surface area contributed by atoms with Crippen LogP contribution < -0.4 is 5.32 Å². The van der Waals surface area contributed by atoms with Crippen LogP contribution in [0.1, 0.15) is 316 Å². The van der Waals surface area contributed by atoms with Crippen molar-refractivity contribution in [1.29, 1.82) is 0 Å². The van der Waals surface area contributed by atoms with Crippen molar-refractivity contribution in [3.63, 3.8) is 0 Å². The number of amides is 1. The summed E-state index contributed by atoms with van der Waals surface area (Å²) in [5.41, 5.74) is 0. The van der Waals surface area contributed by atoms with Crippen LogP contribution in [0.25, 0.3) is 0 Å². The number of aliphatic hydroxyl groups is 2. The highest BCUT2D eigenvalue weighted by Gasteiger charge is 2.18. The van der Waals surface area contributed by atoms with Crippen molar-refractivity contribution in [3.05, 3.63) is 24.3 Å². The summed E-state index contributed by atoms with van der Waals surface area (Å²) in [6.45, 7) is 4.85. The highest BCUT2D eigenvalue weighted by atomic mass is 16.5. The molecule has 0 saturated heterocycles. The van der Waals surface area contributed by atoms with Crippen LogP contribution in [-0.2, 0) is 14.3 Å². The molecule has 6 nitrogen and oxygen atoms in total. The molecule has 0 aliphatic heterocycles. The smallest absolute Gasteiger partial charge is 0.305 e. The summed E-state index contributed by atoms with van der Waals surface area (Å²) in [4.78, 5) is 24.5. The second-order valence-corrected chi connectivity index (χ2v) is 20.0. The third kappa shape index (κ3) is 51.6. The van der Waals surface area contributed by atoms with E-state index in [0.717, 1.165) is 83.5 Å². The zero-order valence-corrected chi connectivity index (χ0v) is 43.7. The molecular formula is C59H113NO5. The highest BCUT2D eigenvalue weighted by molar-refractivity contribution is 5.76. The predicted molar refractivity (Wildman–Crippen MR) is 283 cm³/mol. The van der Waals surface area contributed by atoms with E-state index in [2.05, 4.69) is 31.3 Å². The van der Waals surface area contributed by atoms with Gasteiger partial charge < -0.3 is 20.3 Å². The van der Waals surface area contributed by atoms with Gasteiger partial charge >= 0.3 is 5.97 Å². The maximum absolute atomic E-state index is 12.5. The van der Waals surface area contributed by atoms with Gasteiger partial charge in [-0.3, -0.25) is 9.59 Å². The van der Waals surface area contributed by atoms with E-state index < -0.39 is 12.1 Å². The number of hydrogen-bond acceptors (Lipinski definition) is 5. The largest absolute Gasteiger partial charge is 0.466 e. The minimum atomic E-state index is -0.863. The van der Waals surface area contributed by atoms with Crippen molar-refractivity contribution in [2.24, 2.45) is 0 Å². The lowest BCUT2D eigenvalue weighted by Crippen LogP contribution is -2.45. The minimum absolute atomic E-state index is 0.0301. The summed E-state index contributed by atoms with van der Waals surface area (Å²) >= 11 is 0. The summed E-state index contributed by atoms with van der Waals surface area (Å²) in [6.07, 6.45) is 66.3. The molecule has 0 spiro atoms. The van der Waals surface area contributed by atoms with E-state index in [4.69, 9.17) is 4.74 Å². The zero-order valence-electron chi connectivity index (χ0n) is 43.7. The molecule has 6 heteroatoms. The third-order valence-electron chi connectivity index (χ3n) is 13.5. The summed E-state index contributed by atoms with van der Waals surface area (Å²) in [5, 5.41) is 23.2. The number of nitrogens with one attached hydrogen (secondary N) is 1. The topological polar surface area (TPSA) is 95.9 Å². The Kier molecular flexibility index (Phi) is 53.5. The molecule has 2 unspecified atom stereocenters. The zero-order chi connectivity index (χ0) is 47.2. The van der Waals surface area contributed by atoms with E-state index in [9.17, 15) is 19.8 Å². The minimum Gasteiger partial charge on any atom is -0.466 e. The number of unbranched alkanes of at least 4 members (excludes halogenated alkanes) is 41. The molecule has 0 aromatic heterocycles. The summed E-state index contributed by atoms with van der Waals surface area (Å²) in [5.74, 6) is -0.124. The Morgan fingerprint density at radius 2 is 0.723 bits per heavy atom. The maximum Gasteiger partial charge on any atom is 0.305 e. The van der Waals surface area contributed by atoms with Crippen LogP contribution in [0.15, 0.2) is 24.3 Å². The van der Waals surface area contributed by atoms with E-state index in [1.165, 1.54) is 205 Å².